The molecular formula is C16H12ClFN2O. The summed E-state index contributed by atoms with van der Waals surface area (Å²) in [4.78, 5) is 12.6. The van der Waals surface area contributed by atoms with E-state index in [-0.39, 0.29) is 5.56 Å². The summed E-state index contributed by atoms with van der Waals surface area (Å²) in [6.07, 6.45) is 1.67. The van der Waals surface area contributed by atoms with E-state index in [1.165, 1.54) is 18.2 Å². The third-order valence-electron chi connectivity index (χ3n) is 3.43. The Labute approximate surface area is 125 Å². The lowest BCUT2D eigenvalue weighted by Crippen LogP contribution is -2.05. The van der Waals surface area contributed by atoms with Crippen molar-refractivity contribution >= 4 is 34.0 Å². The smallest absolute Gasteiger partial charge is 0.198 e. The molecule has 0 fully saturated rings. The van der Waals surface area contributed by atoms with Crippen molar-refractivity contribution in [3.05, 3.63) is 64.6 Å². The second kappa shape index (κ2) is 4.90. The number of aryl methyl sites for hydroxylation is 1. The fraction of sp³-hybridized carbons (Fsp3) is 0.0625. The highest BCUT2D eigenvalue weighted by molar-refractivity contribution is 6.31. The van der Waals surface area contributed by atoms with E-state index in [0.29, 0.717) is 16.3 Å². The van der Waals surface area contributed by atoms with E-state index < -0.39 is 11.6 Å². The van der Waals surface area contributed by atoms with Crippen LogP contribution in [0.5, 0.6) is 0 Å². The second-order valence-corrected chi connectivity index (χ2v) is 5.32. The molecule has 0 atom stereocenters. The molecular weight excluding hydrogens is 291 g/mol. The quantitative estimate of drug-likeness (QED) is 0.578. The number of fused-ring (bicyclic) bond motifs is 1. The Kier molecular flexibility index (Phi) is 3.18. The molecule has 0 saturated heterocycles. The van der Waals surface area contributed by atoms with Gasteiger partial charge in [-0.2, -0.15) is 0 Å². The van der Waals surface area contributed by atoms with Gasteiger partial charge in [0.1, 0.15) is 5.82 Å². The first-order valence-electron chi connectivity index (χ1n) is 6.31. The number of hydrogen-bond donors (Lipinski definition) is 1. The van der Waals surface area contributed by atoms with Gasteiger partial charge in [0.15, 0.2) is 5.78 Å². The van der Waals surface area contributed by atoms with Crippen LogP contribution in [-0.4, -0.2) is 10.4 Å². The Morgan fingerprint density at radius 2 is 1.95 bits per heavy atom. The minimum absolute atomic E-state index is 0.0301. The number of carbonyl (C=O) groups is 1. The molecule has 1 aromatic heterocycles. The number of carbonyl (C=O) groups excluding carboxylic acids is 1. The molecule has 0 bridgehead atoms. The fourth-order valence-electron chi connectivity index (χ4n) is 2.40. The maximum Gasteiger partial charge on any atom is 0.198 e. The Morgan fingerprint density at radius 3 is 2.71 bits per heavy atom. The van der Waals surface area contributed by atoms with Gasteiger partial charge in [-0.15, -0.1) is 0 Å². The van der Waals surface area contributed by atoms with Crippen molar-refractivity contribution in [3.63, 3.8) is 0 Å². The van der Waals surface area contributed by atoms with Crippen LogP contribution in [0.3, 0.4) is 0 Å². The molecule has 3 aromatic rings. The van der Waals surface area contributed by atoms with Crippen LogP contribution < -0.4 is 5.73 Å². The predicted molar refractivity (Wildman–Crippen MR) is 82.2 cm³/mol. The number of aromatic nitrogens is 1. The monoisotopic (exact) mass is 302 g/mol. The van der Waals surface area contributed by atoms with Crippen molar-refractivity contribution in [2.24, 2.45) is 7.05 Å². The van der Waals surface area contributed by atoms with Crippen molar-refractivity contribution in [2.45, 2.75) is 0 Å². The van der Waals surface area contributed by atoms with Crippen LogP contribution in [0.4, 0.5) is 10.1 Å². The van der Waals surface area contributed by atoms with Crippen molar-refractivity contribution in [1.82, 2.24) is 4.57 Å². The SMILES string of the molecule is Cn1cc(C(=O)c2cc(N)ccc2F)c2ccc(Cl)cc21. The summed E-state index contributed by atoms with van der Waals surface area (Å²) in [5.41, 5.74) is 7.20. The first kappa shape index (κ1) is 13.6. The number of halogens is 2. The lowest BCUT2D eigenvalue weighted by molar-refractivity contribution is 0.103. The van der Waals surface area contributed by atoms with Crippen molar-refractivity contribution in [1.29, 1.82) is 0 Å². The Hall–Kier alpha value is -2.33. The molecule has 0 aliphatic rings. The van der Waals surface area contributed by atoms with E-state index >= 15 is 0 Å². The molecule has 106 valence electrons. The summed E-state index contributed by atoms with van der Waals surface area (Å²) in [5.74, 6) is -0.979. The van der Waals surface area contributed by atoms with E-state index in [1.54, 1.807) is 29.0 Å². The zero-order valence-corrected chi connectivity index (χ0v) is 12.0. The zero-order chi connectivity index (χ0) is 15.1. The summed E-state index contributed by atoms with van der Waals surface area (Å²) in [7, 11) is 1.81. The molecule has 2 N–H and O–H groups in total. The van der Waals surface area contributed by atoms with Crippen LogP contribution >= 0.6 is 11.6 Å². The third kappa shape index (κ3) is 2.28. The maximum atomic E-state index is 13.9. The molecule has 1 heterocycles. The van der Waals surface area contributed by atoms with Gasteiger partial charge in [-0.1, -0.05) is 17.7 Å². The van der Waals surface area contributed by atoms with E-state index in [0.717, 1.165) is 10.9 Å². The standard InChI is InChI=1S/C16H12ClFN2O/c1-20-8-13(11-4-2-9(17)6-15(11)20)16(21)12-7-10(19)3-5-14(12)18/h2-8H,19H2,1H3. The summed E-state index contributed by atoms with van der Waals surface area (Å²) in [6, 6.07) is 9.21. The molecule has 2 aromatic carbocycles. The number of nitrogens with two attached hydrogens (primary N) is 1. The van der Waals surface area contributed by atoms with E-state index in [2.05, 4.69) is 0 Å². The minimum atomic E-state index is -0.583. The molecule has 3 nitrogen and oxygen atoms in total. The molecule has 3 rings (SSSR count). The van der Waals surface area contributed by atoms with Gasteiger partial charge in [0.05, 0.1) is 5.56 Å². The Morgan fingerprint density at radius 1 is 1.19 bits per heavy atom. The number of nitrogens with zero attached hydrogens (tertiary/aromatic N) is 1. The number of anilines is 1. The predicted octanol–water partition coefficient (Wildman–Crippen LogP) is 3.78. The molecule has 0 unspecified atom stereocenters. The van der Waals surface area contributed by atoms with Gasteiger partial charge >= 0.3 is 0 Å². The van der Waals surface area contributed by atoms with Crippen LogP contribution in [0.2, 0.25) is 5.02 Å². The van der Waals surface area contributed by atoms with Gasteiger partial charge in [-0.3, -0.25) is 4.79 Å². The lowest BCUT2D eigenvalue weighted by Gasteiger charge is -2.03. The average Bonchev–Trinajstić information content (AvgIpc) is 2.78. The normalized spacial score (nSPS) is 11.0. The fourth-order valence-corrected chi connectivity index (χ4v) is 2.57. The molecule has 5 heteroatoms. The molecule has 0 spiro atoms. The molecule has 21 heavy (non-hydrogen) atoms. The topological polar surface area (TPSA) is 48.0 Å². The summed E-state index contributed by atoms with van der Waals surface area (Å²) < 4.78 is 15.7. The van der Waals surface area contributed by atoms with E-state index in [9.17, 15) is 9.18 Å². The van der Waals surface area contributed by atoms with Crippen molar-refractivity contribution in [2.75, 3.05) is 5.73 Å². The van der Waals surface area contributed by atoms with Gasteiger partial charge < -0.3 is 10.3 Å². The highest BCUT2D eigenvalue weighted by atomic mass is 35.5. The summed E-state index contributed by atoms with van der Waals surface area (Å²) in [6.45, 7) is 0. The van der Waals surface area contributed by atoms with Crippen LogP contribution in [0.1, 0.15) is 15.9 Å². The molecule has 0 aliphatic carbocycles. The molecule has 0 saturated carbocycles. The minimum Gasteiger partial charge on any atom is -0.399 e. The largest absolute Gasteiger partial charge is 0.399 e. The molecule has 0 radical (unpaired) electrons. The average molecular weight is 303 g/mol. The molecule has 0 amide bonds. The van der Waals surface area contributed by atoms with Crippen LogP contribution in [0.25, 0.3) is 10.9 Å². The lowest BCUT2D eigenvalue weighted by atomic mass is 10.0. The number of hydrogen-bond acceptors (Lipinski definition) is 2. The van der Waals surface area contributed by atoms with Gasteiger partial charge in [0, 0.05) is 40.4 Å². The summed E-state index contributed by atoms with van der Waals surface area (Å²) in [5, 5.41) is 1.31. The highest BCUT2D eigenvalue weighted by Gasteiger charge is 2.19. The Bertz CT molecular complexity index is 870. The van der Waals surface area contributed by atoms with Gasteiger partial charge in [-0.05, 0) is 30.3 Å². The zero-order valence-electron chi connectivity index (χ0n) is 11.2. The Balaban J connectivity index is 2.21. The first-order valence-corrected chi connectivity index (χ1v) is 6.69. The van der Waals surface area contributed by atoms with Gasteiger partial charge in [-0.25, -0.2) is 4.39 Å². The highest BCUT2D eigenvalue weighted by Crippen LogP contribution is 2.27. The van der Waals surface area contributed by atoms with Crippen LogP contribution in [-0.2, 0) is 7.05 Å². The maximum absolute atomic E-state index is 13.9. The molecule has 0 aliphatic heterocycles. The number of benzene rings is 2. The number of rotatable bonds is 2. The summed E-state index contributed by atoms with van der Waals surface area (Å²) >= 11 is 5.97. The van der Waals surface area contributed by atoms with E-state index in [4.69, 9.17) is 17.3 Å². The van der Waals surface area contributed by atoms with E-state index in [1.807, 2.05) is 7.05 Å². The number of ketones is 1. The third-order valence-corrected chi connectivity index (χ3v) is 3.67. The first-order chi connectivity index (χ1) is 9.97. The van der Waals surface area contributed by atoms with Gasteiger partial charge in [0.25, 0.3) is 0 Å². The van der Waals surface area contributed by atoms with Crippen LogP contribution in [0, 0.1) is 5.82 Å². The van der Waals surface area contributed by atoms with Crippen molar-refractivity contribution < 1.29 is 9.18 Å². The van der Waals surface area contributed by atoms with Crippen LogP contribution in [0.15, 0.2) is 42.6 Å². The second-order valence-electron chi connectivity index (χ2n) is 4.88. The number of nitrogen functional groups attached to an aromatic ring is 1. The van der Waals surface area contributed by atoms with Gasteiger partial charge in [0.2, 0.25) is 0 Å². The van der Waals surface area contributed by atoms with Crippen molar-refractivity contribution in [3.8, 4) is 0 Å².